The molecule has 5 rings (SSSR count). The molecular weight excluding hydrogens is 352 g/mol. The van der Waals surface area contributed by atoms with Crippen LogP contribution in [-0.2, 0) is 13.0 Å². The molecule has 2 N–H and O–H groups in total. The number of aliphatic hydroxyl groups excluding tert-OH is 1. The standard InChI is InChI=1S/C22H28N4O2/c27-20-11-18(28-22-12-21(23-14-24-22)25-17-6-3-7-17)10-19(20)26-9-8-15-4-1-2-5-16(15)13-26/h1-2,4-5,12,14,17-20,27H,3,6-11,13H2,(H,23,24,25). The summed E-state index contributed by atoms with van der Waals surface area (Å²) in [6.45, 7) is 1.90. The van der Waals surface area contributed by atoms with Crippen LogP contribution in [0.1, 0.15) is 43.2 Å². The van der Waals surface area contributed by atoms with Gasteiger partial charge in [0.25, 0.3) is 0 Å². The first-order valence-electron chi connectivity index (χ1n) is 10.5. The maximum atomic E-state index is 10.7. The average molecular weight is 380 g/mol. The molecular formula is C22H28N4O2. The minimum atomic E-state index is -0.357. The van der Waals surface area contributed by atoms with E-state index in [4.69, 9.17) is 4.74 Å². The van der Waals surface area contributed by atoms with Gasteiger partial charge in [0.15, 0.2) is 0 Å². The molecule has 0 bridgehead atoms. The number of aromatic nitrogens is 2. The fourth-order valence-electron chi connectivity index (χ4n) is 4.65. The van der Waals surface area contributed by atoms with Crippen molar-refractivity contribution in [3.8, 4) is 5.88 Å². The summed E-state index contributed by atoms with van der Waals surface area (Å²) in [5.74, 6) is 1.43. The molecule has 148 valence electrons. The lowest BCUT2D eigenvalue weighted by Crippen LogP contribution is -2.43. The topological polar surface area (TPSA) is 70.5 Å². The van der Waals surface area contributed by atoms with E-state index in [2.05, 4.69) is 44.5 Å². The number of benzene rings is 1. The molecule has 28 heavy (non-hydrogen) atoms. The number of ether oxygens (including phenoxy) is 1. The van der Waals surface area contributed by atoms with Gasteiger partial charge in [0.05, 0.1) is 6.10 Å². The maximum absolute atomic E-state index is 10.7. The Hall–Kier alpha value is -2.18. The van der Waals surface area contributed by atoms with Crippen molar-refractivity contribution in [2.45, 2.75) is 69.4 Å². The van der Waals surface area contributed by atoms with Gasteiger partial charge >= 0.3 is 0 Å². The number of hydrogen-bond acceptors (Lipinski definition) is 6. The highest BCUT2D eigenvalue weighted by molar-refractivity contribution is 5.38. The van der Waals surface area contributed by atoms with E-state index >= 15 is 0 Å². The van der Waals surface area contributed by atoms with Crippen LogP contribution < -0.4 is 10.1 Å². The second-order valence-corrected chi connectivity index (χ2v) is 8.35. The first-order chi connectivity index (χ1) is 13.7. The second kappa shape index (κ2) is 7.68. The van der Waals surface area contributed by atoms with E-state index in [1.165, 1.54) is 30.4 Å². The Labute approximate surface area is 166 Å². The van der Waals surface area contributed by atoms with Crippen molar-refractivity contribution in [3.63, 3.8) is 0 Å². The fourth-order valence-corrected chi connectivity index (χ4v) is 4.65. The lowest BCUT2D eigenvalue weighted by Gasteiger charge is -2.35. The molecule has 2 aliphatic carbocycles. The number of rotatable bonds is 5. The van der Waals surface area contributed by atoms with Crippen LogP contribution in [0.2, 0.25) is 0 Å². The van der Waals surface area contributed by atoms with Crippen LogP contribution >= 0.6 is 0 Å². The van der Waals surface area contributed by atoms with Crippen LogP contribution in [-0.4, -0.2) is 50.8 Å². The molecule has 3 unspecified atom stereocenters. The van der Waals surface area contributed by atoms with Crippen LogP contribution in [0.4, 0.5) is 5.82 Å². The molecule has 0 amide bonds. The molecule has 0 spiro atoms. The van der Waals surface area contributed by atoms with E-state index in [0.29, 0.717) is 18.3 Å². The zero-order valence-electron chi connectivity index (χ0n) is 16.1. The van der Waals surface area contributed by atoms with Gasteiger partial charge in [-0.2, -0.15) is 0 Å². The average Bonchev–Trinajstić information content (AvgIpc) is 3.05. The summed E-state index contributed by atoms with van der Waals surface area (Å²) in [6.07, 6.45) is 7.41. The van der Waals surface area contributed by atoms with Gasteiger partial charge in [-0.1, -0.05) is 24.3 Å². The zero-order chi connectivity index (χ0) is 18.9. The highest BCUT2D eigenvalue weighted by atomic mass is 16.5. The number of nitrogens with zero attached hydrogens (tertiary/aromatic N) is 3. The van der Waals surface area contributed by atoms with Gasteiger partial charge in [-0.25, -0.2) is 9.97 Å². The Bertz CT molecular complexity index is 826. The number of hydrogen-bond donors (Lipinski definition) is 2. The van der Waals surface area contributed by atoms with Gasteiger partial charge < -0.3 is 15.2 Å². The van der Waals surface area contributed by atoms with Crippen molar-refractivity contribution in [1.82, 2.24) is 14.9 Å². The fraction of sp³-hybridized carbons (Fsp3) is 0.545. The van der Waals surface area contributed by atoms with Crippen LogP contribution in [0.5, 0.6) is 5.88 Å². The molecule has 6 heteroatoms. The van der Waals surface area contributed by atoms with Gasteiger partial charge in [0.1, 0.15) is 18.2 Å². The summed E-state index contributed by atoms with van der Waals surface area (Å²) in [5.41, 5.74) is 2.82. The number of nitrogens with one attached hydrogen (secondary N) is 1. The van der Waals surface area contributed by atoms with Crippen molar-refractivity contribution < 1.29 is 9.84 Å². The quantitative estimate of drug-likeness (QED) is 0.831. The Morgan fingerprint density at radius 2 is 1.96 bits per heavy atom. The highest BCUT2D eigenvalue weighted by Gasteiger charge is 2.39. The molecule has 6 nitrogen and oxygen atoms in total. The third kappa shape index (κ3) is 3.71. The van der Waals surface area contributed by atoms with Gasteiger partial charge in [-0.05, 0) is 36.8 Å². The van der Waals surface area contributed by atoms with Gasteiger partial charge in [0.2, 0.25) is 5.88 Å². The normalized spacial score (nSPS) is 27.8. The molecule has 1 aromatic carbocycles. The predicted molar refractivity (Wildman–Crippen MR) is 107 cm³/mol. The van der Waals surface area contributed by atoms with Crippen molar-refractivity contribution in [2.24, 2.45) is 0 Å². The molecule has 2 fully saturated rings. The van der Waals surface area contributed by atoms with E-state index in [-0.39, 0.29) is 18.2 Å². The summed E-state index contributed by atoms with van der Waals surface area (Å²) in [7, 11) is 0. The summed E-state index contributed by atoms with van der Waals surface area (Å²) in [5, 5.41) is 14.1. The molecule has 0 radical (unpaired) electrons. The summed E-state index contributed by atoms with van der Waals surface area (Å²) >= 11 is 0. The third-order valence-corrected chi connectivity index (χ3v) is 6.47. The molecule has 3 aliphatic rings. The Morgan fingerprint density at radius 3 is 2.79 bits per heavy atom. The second-order valence-electron chi connectivity index (χ2n) is 8.35. The molecule has 2 heterocycles. The monoisotopic (exact) mass is 380 g/mol. The molecule has 1 aromatic heterocycles. The number of aliphatic hydroxyl groups is 1. The van der Waals surface area contributed by atoms with Crippen LogP contribution in [0, 0.1) is 0 Å². The van der Waals surface area contributed by atoms with Gasteiger partial charge in [0, 0.05) is 44.1 Å². The van der Waals surface area contributed by atoms with Gasteiger partial charge in [-0.3, -0.25) is 4.90 Å². The van der Waals surface area contributed by atoms with E-state index in [1.54, 1.807) is 6.33 Å². The van der Waals surface area contributed by atoms with Crippen LogP contribution in [0.3, 0.4) is 0 Å². The maximum Gasteiger partial charge on any atom is 0.218 e. The predicted octanol–water partition coefficient (Wildman–Crippen LogP) is 2.77. The number of anilines is 1. The van der Waals surface area contributed by atoms with E-state index in [0.717, 1.165) is 31.7 Å². The molecule has 0 saturated heterocycles. The summed E-state index contributed by atoms with van der Waals surface area (Å²) in [4.78, 5) is 11.0. The number of fused-ring (bicyclic) bond motifs is 1. The molecule has 2 aromatic rings. The van der Waals surface area contributed by atoms with Crippen molar-refractivity contribution in [3.05, 3.63) is 47.8 Å². The molecule has 3 atom stereocenters. The minimum absolute atomic E-state index is 0.0105. The van der Waals surface area contributed by atoms with E-state index in [1.807, 2.05) is 6.07 Å². The minimum Gasteiger partial charge on any atom is -0.474 e. The highest BCUT2D eigenvalue weighted by Crippen LogP contribution is 2.32. The van der Waals surface area contributed by atoms with Crippen molar-refractivity contribution in [2.75, 3.05) is 11.9 Å². The van der Waals surface area contributed by atoms with E-state index < -0.39 is 0 Å². The lowest BCUT2D eigenvalue weighted by atomic mass is 9.93. The first kappa shape index (κ1) is 17.9. The van der Waals surface area contributed by atoms with Crippen molar-refractivity contribution >= 4 is 5.82 Å². The van der Waals surface area contributed by atoms with Gasteiger partial charge in [-0.15, -0.1) is 0 Å². The molecule has 2 saturated carbocycles. The summed E-state index contributed by atoms with van der Waals surface area (Å²) in [6, 6.07) is 11.2. The van der Waals surface area contributed by atoms with Crippen LogP contribution in [0.15, 0.2) is 36.7 Å². The summed E-state index contributed by atoms with van der Waals surface area (Å²) < 4.78 is 6.13. The Morgan fingerprint density at radius 1 is 1.11 bits per heavy atom. The Kier molecular flexibility index (Phi) is 4.91. The van der Waals surface area contributed by atoms with Crippen LogP contribution in [0.25, 0.3) is 0 Å². The third-order valence-electron chi connectivity index (χ3n) is 6.47. The SMILES string of the molecule is OC1CC(Oc2cc(NC3CCC3)ncn2)CC1N1CCc2ccccc2C1. The van der Waals surface area contributed by atoms with Crippen molar-refractivity contribution in [1.29, 1.82) is 0 Å². The smallest absolute Gasteiger partial charge is 0.218 e. The zero-order valence-corrected chi connectivity index (χ0v) is 16.1. The first-order valence-corrected chi connectivity index (χ1v) is 10.5. The van der Waals surface area contributed by atoms with E-state index in [9.17, 15) is 5.11 Å². The largest absolute Gasteiger partial charge is 0.474 e. The lowest BCUT2D eigenvalue weighted by molar-refractivity contribution is 0.0625. The molecule has 1 aliphatic heterocycles. The Balaban J connectivity index is 1.21.